The molecule has 3 nitrogen and oxygen atoms in total. The topological polar surface area (TPSA) is 38.3 Å². The van der Waals surface area contributed by atoms with E-state index in [1.807, 2.05) is 60.9 Å². The SMILES string of the molecule is CCOC(=O)C=C(Nc1ccccc1SC)c1ccccc1. The molecule has 22 heavy (non-hydrogen) atoms. The van der Waals surface area contributed by atoms with Crippen molar-refractivity contribution in [3.05, 3.63) is 66.2 Å². The van der Waals surface area contributed by atoms with Crippen molar-refractivity contribution in [2.45, 2.75) is 11.8 Å². The number of benzene rings is 2. The van der Waals surface area contributed by atoms with Gasteiger partial charge in [-0.2, -0.15) is 0 Å². The Kier molecular flexibility index (Phi) is 6.10. The molecule has 0 saturated carbocycles. The summed E-state index contributed by atoms with van der Waals surface area (Å²) in [5.74, 6) is -0.351. The number of hydrogen-bond donors (Lipinski definition) is 1. The maximum Gasteiger partial charge on any atom is 0.332 e. The Labute approximate surface area is 135 Å². The normalized spacial score (nSPS) is 11.1. The molecule has 0 aliphatic rings. The van der Waals surface area contributed by atoms with Crippen LogP contribution < -0.4 is 5.32 Å². The van der Waals surface area contributed by atoms with E-state index in [0.29, 0.717) is 6.61 Å². The van der Waals surface area contributed by atoms with E-state index in [2.05, 4.69) is 5.32 Å². The molecule has 0 aliphatic carbocycles. The molecule has 4 heteroatoms. The van der Waals surface area contributed by atoms with Crippen LogP contribution in [0.5, 0.6) is 0 Å². The van der Waals surface area contributed by atoms with E-state index in [-0.39, 0.29) is 5.97 Å². The van der Waals surface area contributed by atoms with Crippen LogP contribution in [-0.2, 0) is 9.53 Å². The van der Waals surface area contributed by atoms with Crippen molar-refractivity contribution < 1.29 is 9.53 Å². The molecule has 2 aromatic carbocycles. The minimum atomic E-state index is -0.351. The largest absolute Gasteiger partial charge is 0.463 e. The fourth-order valence-corrected chi connectivity index (χ4v) is 2.56. The van der Waals surface area contributed by atoms with Crippen molar-refractivity contribution in [3.63, 3.8) is 0 Å². The van der Waals surface area contributed by atoms with Gasteiger partial charge in [0, 0.05) is 11.0 Å². The molecular weight excluding hydrogens is 294 g/mol. The molecule has 0 atom stereocenters. The minimum Gasteiger partial charge on any atom is -0.463 e. The number of nitrogens with one attached hydrogen (secondary N) is 1. The molecule has 0 fully saturated rings. The quantitative estimate of drug-likeness (QED) is 0.486. The van der Waals surface area contributed by atoms with E-state index < -0.39 is 0 Å². The van der Waals surface area contributed by atoms with Crippen molar-refractivity contribution in [3.8, 4) is 0 Å². The van der Waals surface area contributed by atoms with Crippen LogP contribution in [0.25, 0.3) is 5.70 Å². The third-order valence-corrected chi connectivity index (χ3v) is 3.81. The highest BCUT2D eigenvalue weighted by Gasteiger charge is 2.08. The van der Waals surface area contributed by atoms with Gasteiger partial charge in [-0.25, -0.2) is 4.79 Å². The van der Waals surface area contributed by atoms with Gasteiger partial charge in [0.15, 0.2) is 0 Å². The van der Waals surface area contributed by atoms with Gasteiger partial charge in [-0.1, -0.05) is 42.5 Å². The van der Waals surface area contributed by atoms with Crippen LogP contribution in [0, 0.1) is 0 Å². The Hall–Kier alpha value is -2.20. The first-order valence-electron chi connectivity index (χ1n) is 7.08. The molecule has 0 radical (unpaired) electrons. The lowest BCUT2D eigenvalue weighted by atomic mass is 10.1. The molecule has 0 aromatic heterocycles. The number of ether oxygens (including phenoxy) is 1. The van der Waals surface area contributed by atoms with Crippen molar-refractivity contribution in [1.82, 2.24) is 0 Å². The molecule has 0 unspecified atom stereocenters. The van der Waals surface area contributed by atoms with Gasteiger partial charge in [0.2, 0.25) is 0 Å². The average Bonchev–Trinajstić information content (AvgIpc) is 2.56. The third-order valence-electron chi connectivity index (χ3n) is 3.01. The van der Waals surface area contributed by atoms with Gasteiger partial charge in [-0.05, 0) is 30.9 Å². The Bertz CT molecular complexity index is 653. The highest BCUT2D eigenvalue weighted by molar-refractivity contribution is 7.98. The van der Waals surface area contributed by atoms with E-state index >= 15 is 0 Å². The fraction of sp³-hybridized carbons (Fsp3) is 0.167. The lowest BCUT2D eigenvalue weighted by Crippen LogP contribution is -2.06. The van der Waals surface area contributed by atoms with Crippen LogP contribution in [0.2, 0.25) is 0 Å². The second kappa shape index (κ2) is 8.29. The van der Waals surface area contributed by atoms with Crippen LogP contribution in [0.4, 0.5) is 5.69 Å². The molecule has 1 N–H and O–H groups in total. The summed E-state index contributed by atoms with van der Waals surface area (Å²) >= 11 is 1.66. The summed E-state index contributed by atoms with van der Waals surface area (Å²) in [5.41, 5.74) is 2.63. The van der Waals surface area contributed by atoms with Gasteiger partial charge >= 0.3 is 5.97 Å². The van der Waals surface area contributed by atoms with Gasteiger partial charge in [-0.15, -0.1) is 11.8 Å². The standard InChI is InChI=1S/C18H19NO2S/c1-3-21-18(20)13-16(14-9-5-4-6-10-14)19-15-11-7-8-12-17(15)22-2/h4-13,19H,3H2,1-2H3. The number of anilines is 1. The summed E-state index contributed by atoms with van der Waals surface area (Å²) in [7, 11) is 0. The summed E-state index contributed by atoms with van der Waals surface area (Å²) in [6.45, 7) is 2.16. The first kappa shape index (κ1) is 16.2. The molecule has 2 rings (SSSR count). The van der Waals surface area contributed by atoms with Gasteiger partial charge in [-0.3, -0.25) is 0 Å². The Morgan fingerprint density at radius 1 is 1.14 bits per heavy atom. The average molecular weight is 313 g/mol. The molecule has 2 aromatic rings. The predicted octanol–water partition coefficient (Wildman–Crippen LogP) is 4.42. The molecular formula is C18H19NO2S. The molecule has 0 saturated heterocycles. The van der Waals surface area contributed by atoms with Gasteiger partial charge < -0.3 is 10.1 Å². The van der Waals surface area contributed by atoms with E-state index in [1.165, 1.54) is 6.08 Å². The number of carbonyl (C=O) groups is 1. The zero-order chi connectivity index (χ0) is 15.8. The number of carbonyl (C=O) groups excluding carboxylic acids is 1. The first-order chi connectivity index (χ1) is 10.7. The van der Waals surface area contributed by atoms with Crippen LogP contribution in [0.15, 0.2) is 65.6 Å². The van der Waals surface area contributed by atoms with Crippen molar-refractivity contribution >= 4 is 29.1 Å². The Morgan fingerprint density at radius 2 is 1.82 bits per heavy atom. The summed E-state index contributed by atoms with van der Waals surface area (Å²) < 4.78 is 5.03. The predicted molar refractivity (Wildman–Crippen MR) is 92.9 cm³/mol. The number of thioether (sulfide) groups is 1. The highest BCUT2D eigenvalue weighted by Crippen LogP contribution is 2.28. The summed E-state index contributed by atoms with van der Waals surface area (Å²) in [5, 5.41) is 3.34. The molecule has 114 valence electrons. The lowest BCUT2D eigenvalue weighted by molar-refractivity contribution is -0.137. The van der Waals surface area contributed by atoms with Crippen molar-refractivity contribution in [2.24, 2.45) is 0 Å². The highest BCUT2D eigenvalue weighted by atomic mass is 32.2. The van der Waals surface area contributed by atoms with Crippen LogP contribution in [-0.4, -0.2) is 18.8 Å². The van der Waals surface area contributed by atoms with Crippen molar-refractivity contribution in [2.75, 3.05) is 18.2 Å². The minimum absolute atomic E-state index is 0.351. The van der Waals surface area contributed by atoms with Crippen LogP contribution >= 0.6 is 11.8 Å². The fourth-order valence-electron chi connectivity index (χ4n) is 2.00. The van der Waals surface area contributed by atoms with Crippen LogP contribution in [0.3, 0.4) is 0 Å². The molecule has 0 amide bonds. The van der Waals surface area contributed by atoms with Crippen molar-refractivity contribution in [1.29, 1.82) is 0 Å². The third kappa shape index (κ3) is 4.40. The zero-order valence-electron chi connectivity index (χ0n) is 12.7. The van der Waals surface area contributed by atoms with Crippen LogP contribution in [0.1, 0.15) is 12.5 Å². The van der Waals surface area contributed by atoms with Gasteiger partial charge in [0.25, 0.3) is 0 Å². The number of rotatable bonds is 6. The van der Waals surface area contributed by atoms with E-state index in [0.717, 1.165) is 21.8 Å². The molecule has 0 heterocycles. The summed E-state index contributed by atoms with van der Waals surface area (Å²) in [4.78, 5) is 12.9. The second-order valence-electron chi connectivity index (χ2n) is 4.50. The van der Waals surface area contributed by atoms with Gasteiger partial charge in [0.05, 0.1) is 18.0 Å². The maximum atomic E-state index is 11.8. The van der Waals surface area contributed by atoms with E-state index in [4.69, 9.17) is 4.74 Å². The molecule has 0 spiro atoms. The number of para-hydroxylation sites is 1. The molecule has 0 bridgehead atoms. The Balaban J connectivity index is 2.35. The summed E-state index contributed by atoms with van der Waals surface area (Å²) in [6.07, 6.45) is 3.52. The molecule has 0 aliphatic heterocycles. The maximum absolute atomic E-state index is 11.8. The zero-order valence-corrected chi connectivity index (χ0v) is 13.5. The monoisotopic (exact) mass is 313 g/mol. The van der Waals surface area contributed by atoms with E-state index in [1.54, 1.807) is 18.7 Å². The lowest BCUT2D eigenvalue weighted by Gasteiger charge is -2.14. The number of hydrogen-bond acceptors (Lipinski definition) is 4. The number of esters is 1. The first-order valence-corrected chi connectivity index (χ1v) is 8.31. The van der Waals surface area contributed by atoms with E-state index in [9.17, 15) is 4.79 Å². The second-order valence-corrected chi connectivity index (χ2v) is 5.35. The smallest absolute Gasteiger partial charge is 0.332 e. The Morgan fingerprint density at radius 3 is 2.50 bits per heavy atom. The van der Waals surface area contributed by atoms with Gasteiger partial charge in [0.1, 0.15) is 0 Å². The summed E-state index contributed by atoms with van der Waals surface area (Å²) in [6, 6.07) is 17.7.